The van der Waals surface area contributed by atoms with Gasteiger partial charge in [-0.1, -0.05) is 45.0 Å². The van der Waals surface area contributed by atoms with E-state index in [1.165, 1.54) is 4.90 Å². The average molecular weight is 541 g/mol. The lowest BCUT2D eigenvalue weighted by Crippen LogP contribution is -2.49. The van der Waals surface area contributed by atoms with E-state index in [0.717, 1.165) is 56.1 Å². The van der Waals surface area contributed by atoms with Crippen molar-refractivity contribution in [1.29, 1.82) is 0 Å². The van der Waals surface area contributed by atoms with E-state index in [4.69, 9.17) is 0 Å². The number of aliphatic hydroxyl groups excluding tert-OH is 2. The molecule has 2 amide bonds. The number of likely N-dealkylation sites (N-methyl/N-ethyl adjacent to an activating group) is 1. The summed E-state index contributed by atoms with van der Waals surface area (Å²) in [5.74, 6) is -0.607. The minimum absolute atomic E-state index is 0.129. The van der Waals surface area contributed by atoms with Crippen LogP contribution < -0.4 is 5.32 Å². The summed E-state index contributed by atoms with van der Waals surface area (Å²) in [6, 6.07) is 8.39. The fourth-order valence-electron chi connectivity index (χ4n) is 5.30. The number of carbonyl (C=O) groups excluding carboxylic acids is 2. The highest BCUT2D eigenvalue weighted by Gasteiger charge is 2.41. The highest BCUT2D eigenvalue weighted by molar-refractivity contribution is 5.89. The predicted octanol–water partition coefficient (Wildman–Crippen LogP) is 1.20. The third kappa shape index (κ3) is 7.05. The average Bonchev–Trinajstić information content (AvgIpc) is 3.57. The molecule has 39 heavy (non-hydrogen) atoms. The zero-order valence-electron chi connectivity index (χ0n) is 23.7. The molecule has 0 saturated carbocycles. The molecular weight excluding hydrogens is 496 g/mol. The normalized spacial score (nSPS) is 22.3. The molecule has 2 fully saturated rings. The number of nitrogens with zero attached hydrogens (tertiary/aromatic N) is 5. The highest BCUT2D eigenvalue weighted by atomic mass is 16.3. The standard InChI is InChI=1S/C29H44N6O4/c1-20(2)21(3)29(39)34-18-24(37)17-27(34)28(38)31-25(19-36)22-5-7-23(8-6-22)26-9-10-30-35(26)16-15-33-13-11-32(4)12-14-33/h5-10,20-21,24-25,27,36-37H,11-19H2,1-4H3,(H,31,38). The summed E-state index contributed by atoms with van der Waals surface area (Å²) in [5.41, 5.74) is 2.80. The first-order chi connectivity index (χ1) is 18.7. The Morgan fingerprint density at radius 1 is 1.05 bits per heavy atom. The van der Waals surface area contributed by atoms with E-state index < -0.39 is 18.2 Å². The molecule has 0 bridgehead atoms. The van der Waals surface area contributed by atoms with Crippen LogP contribution in [0.15, 0.2) is 36.5 Å². The molecule has 2 aromatic rings. The Labute approximate surface area is 231 Å². The van der Waals surface area contributed by atoms with E-state index in [0.29, 0.717) is 0 Å². The van der Waals surface area contributed by atoms with Crippen LogP contribution >= 0.6 is 0 Å². The predicted molar refractivity (Wildman–Crippen MR) is 150 cm³/mol. The fourth-order valence-corrected chi connectivity index (χ4v) is 5.30. The lowest BCUT2D eigenvalue weighted by atomic mass is 9.96. The summed E-state index contributed by atoms with van der Waals surface area (Å²) in [6.45, 7) is 11.7. The summed E-state index contributed by atoms with van der Waals surface area (Å²) < 4.78 is 2.02. The second kappa shape index (κ2) is 13.0. The van der Waals surface area contributed by atoms with Crippen LogP contribution in [0, 0.1) is 11.8 Å². The zero-order valence-corrected chi connectivity index (χ0v) is 23.7. The van der Waals surface area contributed by atoms with Gasteiger partial charge in [-0.25, -0.2) is 0 Å². The van der Waals surface area contributed by atoms with E-state index in [1.807, 2.05) is 62.0 Å². The van der Waals surface area contributed by atoms with Crippen molar-refractivity contribution in [2.45, 2.75) is 51.9 Å². The molecule has 10 heteroatoms. The summed E-state index contributed by atoms with van der Waals surface area (Å²) >= 11 is 0. The Hall–Kier alpha value is -2.79. The molecule has 2 aliphatic rings. The number of amides is 2. The van der Waals surface area contributed by atoms with Crippen molar-refractivity contribution >= 4 is 11.8 Å². The second-order valence-corrected chi connectivity index (χ2v) is 11.4. The van der Waals surface area contributed by atoms with Crippen LogP contribution in [0.2, 0.25) is 0 Å². The molecule has 214 valence electrons. The molecule has 3 heterocycles. The number of aliphatic hydroxyl groups is 2. The first-order valence-corrected chi connectivity index (χ1v) is 14.1. The number of hydrogen-bond acceptors (Lipinski definition) is 7. The van der Waals surface area contributed by atoms with Gasteiger partial charge in [-0.05, 0) is 30.2 Å². The maximum absolute atomic E-state index is 13.2. The van der Waals surface area contributed by atoms with Crippen LogP contribution in [0.25, 0.3) is 11.3 Å². The number of rotatable bonds is 10. The molecule has 1 aromatic heterocycles. The van der Waals surface area contributed by atoms with Crippen molar-refractivity contribution in [3.05, 3.63) is 42.1 Å². The van der Waals surface area contributed by atoms with Crippen LogP contribution in [0.5, 0.6) is 0 Å². The number of aromatic nitrogens is 2. The summed E-state index contributed by atoms with van der Waals surface area (Å²) in [4.78, 5) is 32.5. The van der Waals surface area contributed by atoms with Gasteiger partial charge in [-0.2, -0.15) is 5.10 Å². The Morgan fingerprint density at radius 3 is 2.38 bits per heavy atom. The van der Waals surface area contributed by atoms with Gasteiger partial charge in [0.1, 0.15) is 6.04 Å². The molecule has 2 saturated heterocycles. The first-order valence-electron chi connectivity index (χ1n) is 14.1. The molecule has 4 rings (SSSR count). The van der Waals surface area contributed by atoms with Crippen molar-refractivity contribution in [1.82, 2.24) is 29.8 Å². The van der Waals surface area contributed by atoms with Gasteiger partial charge in [0, 0.05) is 57.8 Å². The number of β-amino-alcohol motifs (C(OH)–C–C–N with tert-alkyl or cyclic N) is 1. The van der Waals surface area contributed by atoms with E-state index in [-0.39, 0.29) is 43.2 Å². The maximum atomic E-state index is 13.2. The Kier molecular flexibility index (Phi) is 9.76. The van der Waals surface area contributed by atoms with E-state index in [2.05, 4.69) is 27.3 Å². The second-order valence-electron chi connectivity index (χ2n) is 11.4. The van der Waals surface area contributed by atoms with E-state index >= 15 is 0 Å². The van der Waals surface area contributed by atoms with E-state index in [1.54, 1.807) is 0 Å². The summed E-state index contributed by atoms with van der Waals surface area (Å²) in [7, 11) is 2.16. The lowest BCUT2D eigenvalue weighted by molar-refractivity contribution is -0.142. The molecule has 10 nitrogen and oxygen atoms in total. The monoisotopic (exact) mass is 540 g/mol. The smallest absolute Gasteiger partial charge is 0.243 e. The van der Waals surface area contributed by atoms with Crippen LogP contribution in [0.3, 0.4) is 0 Å². The van der Waals surface area contributed by atoms with Gasteiger partial charge in [-0.3, -0.25) is 19.2 Å². The van der Waals surface area contributed by atoms with Crippen LogP contribution in [-0.4, -0.2) is 112 Å². The molecule has 4 unspecified atom stereocenters. The first kappa shape index (κ1) is 29.2. The Morgan fingerprint density at radius 2 is 1.74 bits per heavy atom. The minimum atomic E-state index is -0.753. The van der Waals surface area contributed by atoms with Crippen LogP contribution in [0.4, 0.5) is 0 Å². The van der Waals surface area contributed by atoms with Gasteiger partial charge >= 0.3 is 0 Å². The number of hydrogen-bond donors (Lipinski definition) is 3. The van der Waals surface area contributed by atoms with Crippen molar-refractivity contribution in [2.75, 3.05) is 52.9 Å². The third-order valence-electron chi connectivity index (χ3n) is 8.30. The molecule has 0 radical (unpaired) electrons. The molecule has 1 aromatic carbocycles. The van der Waals surface area contributed by atoms with Crippen LogP contribution in [-0.2, 0) is 16.1 Å². The molecule has 2 aliphatic heterocycles. The number of piperazine rings is 1. The molecule has 0 spiro atoms. The fraction of sp³-hybridized carbons (Fsp3) is 0.621. The Balaban J connectivity index is 1.39. The molecule has 3 N–H and O–H groups in total. The van der Waals surface area contributed by atoms with Gasteiger partial charge in [0.2, 0.25) is 11.8 Å². The number of nitrogens with one attached hydrogen (secondary N) is 1. The minimum Gasteiger partial charge on any atom is -0.394 e. The number of benzene rings is 1. The van der Waals surface area contributed by atoms with Crippen molar-refractivity contribution < 1.29 is 19.8 Å². The maximum Gasteiger partial charge on any atom is 0.243 e. The van der Waals surface area contributed by atoms with Gasteiger partial charge in [0.25, 0.3) is 0 Å². The molecule has 4 atom stereocenters. The summed E-state index contributed by atoms with van der Waals surface area (Å²) in [5, 5.41) is 27.8. The van der Waals surface area contributed by atoms with Crippen molar-refractivity contribution in [2.24, 2.45) is 11.8 Å². The molecular formula is C29H44N6O4. The quantitative estimate of drug-likeness (QED) is 0.415. The zero-order chi connectivity index (χ0) is 28.1. The van der Waals surface area contributed by atoms with Crippen molar-refractivity contribution in [3.8, 4) is 11.3 Å². The van der Waals surface area contributed by atoms with Gasteiger partial charge in [0.15, 0.2) is 0 Å². The summed E-state index contributed by atoms with van der Waals surface area (Å²) in [6.07, 6.45) is 1.27. The van der Waals surface area contributed by atoms with Crippen LogP contribution in [0.1, 0.15) is 38.8 Å². The largest absolute Gasteiger partial charge is 0.394 e. The van der Waals surface area contributed by atoms with Gasteiger partial charge < -0.3 is 25.3 Å². The topological polar surface area (TPSA) is 114 Å². The Bertz CT molecular complexity index is 1100. The SMILES string of the molecule is CC(C)C(C)C(=O)N1CC(O)CC1C(=O)NC(CO)c1ccc(-c2ccnn2CCN2CCN(C)CC2)cc1. The number of likely N-dealkylation sites (tertiary alicyclic amines) is 1. The van der Waals surface area contributed by atoms with Gasteiger partial charge in [0.05, 0.1) is 31.0 Å². The molecule has 0 aliphatic carbocycles. The third-order valence-corrected chi connectivity index (χ3v) is 8.30. The van der Waals surface area contributed by atoms with Crippen molar-refractivity contribution in [3.63, 3.8) is 0 Å². The lowest BCUT2D eigenvalue weighted by Gasteiger charge is -2.32. The van der Waals surface area contributed by atoms with Gasteiger partial charge in [-0.15, -0.1) is 0 Å². The highest BCUT2D eigenvalue weighted by Crippen LogP contribution is 2.26. The van der Waals surface area contributed by atoms with E-state index in [9.17, 15) is 19.8 Å². The number of carbonyl (C=O) groups is 2.